The second-order valence-electron chi connectivity index (χ2n) is 2.68. The Balaban J connectivity index is 0.000000280. The summed E-state index contributed by atoms with van der Waals surface area (Å²) in [7, 11) is 0. The van der Waals surface area contributed by atoms with Crippen molar-refractivity contribution < 1.29 is 26.6 Å². The number of hydrogen-bond acceptors (Lipinski definition) is 2. The zero-order valence-corrected chi connectivity index (χ0v) is 9.47. The van der Waals surface area contributed by atoms with Crippen LogP contribution in [0.25, 0.3) is 0 Å². The van der Waals surface area contributed by atoms with Crippen molar-refractivity contribution in [3.05, 3.63) is 63.9 Å². The van der Waals surface area contributed by atoms with Crippen LogP contribution in [-0.4, -0.2) is 5.97 Å². The van der Waals surface area contributed by atoms with E-state index in [1.54, 1.807) is 12.8 Å². The Labute approximate surface area is 104 Å². The van der Waals surface area contributed by atoms with Gasteiger partial charge in [0.05, 0.1) is 0 Å². The van der Waals surface area contributed by atoms with Crippen LogP contribution in [0.3, 0.4) is 0 Å². The molecule has 0 amide bonds. The van der Waals surface area contributed by atoms with Gasteiger partial charge in [0.25, 0.3) is 0 Å². The van der Waals surface area contributed by atoms with E-state index >= 15 is 0 Å². The predicted octanol–water partition coefficient (Wildman–Crippen LogP) is 1.93. The maximum Gasteiger partial charge on any atom is 0.303 e. The van der Waals surface area contributed by atoms with E-state index in [1.807, 2.05) is 44.9 Å². The maximum atomic E-state index is 10.3. The Bertz CT molecular complexity index is 153. The van der Waals surface area contributed by atoms with Crippen LogP contribution in [0.5, 0.6) is 0 Å². The van der Waals surface area contributed by atoms with E-state index in [-0.39, 0.29) is 23.0 Å². The third-order valence-corrected chi connectivity index (χ3v) is 1.45. The molecule has 2 aliphatic carbocycles. The molecule has 0 heterocycles. The van der Waals surface area contributed by atoms with Crippen molar-refractivity contribution >= 4 is 5.97 Å². The first-order chi connectivity index (χ1) is 6.79. The SMILES string of the molecule is CC(=O)O[C]1[CH][CH][CH][CH]1.[CH]1[CH][CH][CH][CH]1.[Fe]. The Kier molecular flexibility index (Phi) is 9.23. The van der Waals surface area contributed by atoms with E-state index < -0.39 is 0 Å². The van der Waals surface area contributed by atoms with Crippen LogP contribution in [0.1, 0.15) is 6.92 Å². The van der Waals surface area contributed by atoms with Crippen molar-refractivity contribution in [2.75, 3.05) is 0 Å². The summed E-state index contributed by atoms with van der Waals surface area (Å²) in [5.41, 5.74) is 0. The quantitative estimate of drug-likeness (QED) is 0.520. The van der Waals surface area contributed by atoms with Gasteiger partial charge in [0.2, 0.25) is 0 Å². The molecular formula is C12H12FeO2. The van der Waals surface area contributed by atoms with E-state index in [0.717, 1.165) is 0 Å². The van der Waals surface area contributed by atoms with Crippen molar-refractivity contribution in [3.63, 3.8) is 0 Å². The van der Waals surface area contributed by atoms with Crippen LogP contribution in [0.15, 0.2) is 0 Å². The van der Waals surface area contributed by atoms with E-state index in [2.05, 4.69) is 0 Å². The van der Waals surface area contributed by atoms with Gasteiger partial charge in [0, 0.05) is 36.8 Å². The summed E-state index contributed by atoms with van der Waals surface area (Å²) in [6.07, 6.45) is 17.7. The molecule has 0 atom stereocenters. The molecule has 0 N–H and O–H groups in total. The molecule has 0 spiro atoms. The molecule has 15 heavy (non-hydrogen) atoms. The second-order valence-corrected chi connectivity index (χ2v) is 2.68. The Morgan fingerprint density at radius 1 is 0.933 bits per heavy atom. The smallest absolute Gasteiger partial charge is 0.303 e. The van der Waals surface area contributed by atoms with Gasteiger partial charge >= 0.3 is 5.97 Å². The average Bonchev–Trinajstić information content (AvgIpc) is 2.75. The molecule has 2 saturated carbocycles. The Hall–Kier alpha value is -0.0105. The van der Waals surface area contributed by atoms with Gasteiger partial charge in [0.1, 0.15) is 0 Å². The summed E-state index contributed by atoms with van der Waals surface area (Å²) in [6, 6.07) is 0. The second kappa shape index (κ2) is 9.23. The summed E-state index contributed by atoms with van der Waals surface area (Å²) in [5.74, 6) is -0.277. The zero-order chi connectivity index (χ0) is 10.2. The molecule has 2 fully saturated rings. The number of carbonyl (C=O) groups excluding carboxylic acids is 1. The third-order valence-electron chi connectivity index (χ3n) is 1.45. The minimum Gasteiger partial charge on any atom is -0.454 e. The fourth-order valence-electron chi connectivity index (χ4n) is 0.911. The van der Waals surface area contributed by atoms with Gasteiger partial charge in [-0.3, -0.25) is 4.79 Å². The van der Waals surface area contributed by atoms with E-state index in [9.17, 15) is 4.79 Å². The number of carbonyl (C=O) groups is 1. The van der Waals surface area contributed by atoms with Gasteiger partial charge in [-0.1, -0.05) is 0 Å². The van der Waals surface area contributed by atoms with E-state index in [1.165, 1.54) is 6.92 Å². The fraction of sp³-hybridized carbons (Fsp3) is 0.0833. The minimum absolute atomic E-state index is 0. The van der Waals surface area contributed by atoms with Crippen molar-refractivity contribution in [1.82, 2.24) is 0 Å². The summed E-state index contributed by atoms with van der Waals surface area (Å²) >= 11 is 0. The summed E-state index contributed by atoms with van der Waals surface area (Å²) in [5, 5.41) is 0. The molecule has 10 radical (unpaired) electrons. The molecule has 0 aromatic rings. The molecule has 0 bridgehead atoms. The van der Waals surface area contributed by atoms with Gasteiger partial charge in [-0.2, -0.15) is 0 Å². The molecule has 0 aromatic heterocycles. The summed E-state index contributed by atoms with van der Waals surface area (Å²) in [6.45, 7) is 1.38. The fourth-order valence-corrected chi connectivity index (χ4v) is 0.911. The minimum atomic E-state index is -0.277. The van der Waals surface area contributed by atoms with Crippen molar-refractivity contribution in [2.45, 2.75) is 6.92 Å². The van der Waals surface area contributed by atoms with E-state index in [4.69, 9.17) is 4.74 Å². The number of ether oxygens (including phenoxy) is 1. The van der Waals surface area contributed by atoms with Crippen LogP contribution in [-0.2, 0) is 26.6 Å². The van der Waals surface area contributed by atoms with Crippen LogP contribution in [0.4, 0.5) is 0 Å². The Morgan fingerprint density at radius 3 is 1.67 bits per heavy atom. The molecule has 2 nitrogen and oxygen atoms in total. The van der Waals surface area contributed by atoms with Gasteiger partial charge < -0.3 is 4.74 Å². The first kappa shape index (κ1) is 15.0. The first-order valence-electron chi connectivity index (χ1n) is 4.36. The number of esters is 1. The Morgan fingerprint density at radius 2 is 1.33 bits per heavy atom. The number of rotatable bonds is 1. The van der Waals surface area contributed by atoms with Crippen molar-refractivity contribution in [1.29, 1.82) is 0 Å². The molecule has 2 rings (SSSR count). The third kappa shape index (κ3) is 7.87. The van der Waals surface area contributed by atoms with Crippen LogP contribution in [0.2, 0.25) is 0 Å². The monoisotopic (exact) mass is 244 g/mol. The molecule has 0 aliphatic heterocycles. The maximum absolute atomic E-state index is 10.3. The normalized spacial score (nSPS) is 20.1. The largest absolute Gasteiger partial charge is 0.454 e. The van der Waals surface area contributed by atoms with Crippen LogP contribution >= 0.6 is 0 Å². The summed E-state index contributed by atoms with van der Waals surface area (Å²) in [4.78, 5) is 10.3. The van der Waals surface area contributed by atoms with Crippen molar-refractivity contribution in [2.24, 2.45) is 0 Å². The van der Waals surface area contributed by atoms with Gasteiger partial charge in [-0.25, -0.2) is 0 Å². The van der Waals surface area contributed by atoms with E-state index in [0.29, 0.717) is 6.10 Å². The van der Waals surface area contributed by atoms with Gasteiger partial charge in [0.15, 0.2) is 6.10 Å². The first-order valence-corrected chi connectivity index (χ1v) is 4.36. The predicted molar refractivity (Wildman–Crippen MR) is 53.7 cm³/mol. The molecule has 3 heteroatoms. The standard InChI is InChI=1S/C7H7O2.C5H5.Fe/c1-6(8)9-7-4-2-3-5-7;1-2-4-5-3-1;/h2-5H,1H3;1-5H;. The summed E-state index contributed by atoms with van der Waals surface area (Å²) < 4.78 is 4.72. The van der Waals surface area contributed by atoms with Crippen molar-refractivity contribution in [3.8, 4) is 0 Å². The van der Waals surface area contributed by atoms with Gasteiger partial charge in [-0.15, -0.1) is 0 Å². The molecule has 80 valence electrons. The molecular weight excluding hydrogens is 232 g/mol. The van der Waals surface area contributed by atoms with Crippen LogP contribution in [0, 0.1) is 63.9 Å². The topological polar surface area (TPSA) is 26.3 Å². The molecule has 0 unspecified atom stereocenters. The average molecular weight is 244 g/mol. The van der Waals surface area contributed by atoms with Crippen LogP contribution < -0.4 is 0 Å². The molecule has 0 saturated heterocycles. The molecule has 2 aliphatic rings. The molecule has 0 aromatic carbocycles. The zero-order valence-electron chi connectivity index (χ0n) is 8.37. The number of hydrogen-bond donors (Lipinski definition) is 0. The van der Waals surface area contributed by atoms with Gasteiger partial charge in [-0.05, 0) is 44.9 Å².